The third-order valence-electron chi connectivity index (χ3n) is 3.42. The van der Waals surface area contributed by atoms with Crippen LogP contribution in [0.3, 0.4) is 0 Å². The summed E-state index contributed by atoms with van der Waals surface area (Å²) < 4.78 is 0. The fourth-order valence-corrected chi connectivity index (χ4v) is 2.33. The maximum absolute atomic E-state index is 11.0. The lowest BCUT2D eigenvalue weighted by molar-refractivity contribution is -0.143. The van der Waals surface area contributed by atoms with Crippen molar-refractivity contribution in [3.8, 4) is 0 Å². The van der Waals surface area contributed by atoms with Crippen LogP contribution in [-0.2, 0) is 16.8 Å². The van der Waals surface area contributed by atoms with Crippen LogP contribution in [0.2, 0.25) is 0 Å². The lowest BCUT2D eigenvalue weighted by atomic mass is 9.85. The minimum atomic E-state index is -1.33. The molecule has 2 N–H and O–H groups in total. The second-order valence-corrected chi connectivity index (χ2v) is 4.95. The van der Waals surface area contributed by atoms with Gasteiger partial charge in [0.05, 0.1) is 6.42 Å². The number of aliphatic hydroxyl groups is 1. The normalized spacial score (nSPS) is 13.7. The van der Waals surface area contributed by atoms with Gasteiger partial charge in [-0.2, -0.15) is 0 Å². The summed E-state index contributed by atoms with van der Waals surface area (Å²) in [5.74, 6) is -0.996. The first kappa shape index (κ1) is 14.3. The van der Waals surface area contributed by atoms with E-state index in [2.05, 4.69) is 0 Å². The second kappa shape index (κ2) is 6.35. The molecular weight excluding hydrogens is 252 g/mol. The van der Waals surface area contributed by atoms with Crippen molar-refractivity contribution in [3.05, 3.63) is 71.8 Å². The fraction of sp³-hybridized carbons (Fsp3) is 0.235. The minimum absolute atomic E-state index is 0.288. The van der Waals surface area contributed by atoms with E-state index in [1.54, 1.807) is 12.1 Å². The molecule has 0 aliphatic heterocycles. The van der Waals surface area contributed by atoms with Gasteiger partial charge < -0.3 is 10.2 Å². The van der Waals surface area contributed by atoms with Crippen LogP contribution in [0.15, 0.2) is 60.7 Å². The molecule has 0 radical (unpaired) electrons. The number of carbonyl (C=O) groups is 1. The summed E-state index contributed by atoms with van der Waals surface area (Å²) in [4.78, 5) is 11.0. The van der Waals surface area contributed by atoms with Gasteiger partial charge in [-0.15, -0.1) is 0 Å². The van der Waals surface area contributed by atoms with Crippen LogP contribution >= 0.6 is 0 Å². The van der Waals surface area contributed by atoms with E-state index in [-0.39, 0.29) is 6.42 Å². The van der Waals surface area contributed by atoms with E-state index in [0.29, 0.717) is 18.4 Å². The highest BCUT2D eigenvalue weighted by Crippen LogP contribution is 2.30. The molecule has 2 aromatic rings. The molecule has 104 valence electrons. The summed E-state index contributed by atoms with van der Waals surface area (Å²) in [7, 11) is 0. The van der Waals surface area contributed by atoms with Crippen LogP contribution < -0.4 is 0 Å². The van der Waals surface area contributed by atoms with Crippen molar-refractivity contribution >= 4 is 5.97 Å². The molecule has 20 heavy (non-hydrogen) atoms. The topological polar surface area (TPSA) is 57.5 Å². The zero-order valence-corrected chi connectivity index (χ0v) is 11.2. The van der Waals surface area contributed by atoms with E-state index < -0.39 is 11.6 Å². The van der Waals surface area contributed by atoms with Crippen molar-refractivity contribution in [2.75, 3.05) is 0 Å². The van der Waals surface area contributed by atoms with E-state index in [0.717, 1.165) is 5.56 Å². The van der Waals surface area contributed by atoms with Crippen LogP contribution in [0, 0.1) is 0 Å². The highest BCUT2D eigenvalue weighted by atomic mass is 16.4. The molecule has 3 heteroatoms. The summed E-state index contributed by atoms with van der Waals surface area (Å²) in [5.41, 5.74) is 0.411. The van der Waals surface area contributed by atoms with Gasteiger partial charge in [0.1, 0.15) is 5.60 Å². The number of carboxylic acid groups (broad SMARTS) is 1. The Morgan fingerprint density at radius 2 is 1.50 bits per heavy atom. The first-order chi connectivity index (χ1) is 9.60. The summed E-state index contributed by atoms with van der Waals surface area (Å²) in [6.07, 6.45) is 0.733. The molecular formula is C17H18O3. The van der Waals surface area contributed by atoms with Gasteiger partial charge in [0.25, 0.3) is 0 Å². The minimum Gasteiger partial charge on any atom is -0.481 e. The monoisotopic (exact) mass is 270 g/mol. The standard InChI is InChI=1S/C17H18O3/c18-16(19)13-17(20,15-9-5-2-6-10-15)12-11-14-7-3-1-4-8-14/h1-10,20H,11-13H2,(H,18,19)/t17-/m0/s1. The quantitative estimate of drug-likeness (QED) is 0.848. The van der Waals surface area contributed by atoms with Gasteiger partial charge in [0, 0.05) is 0 Å². The number of aliphatic carboxylic acids is 1. The number of aryl methyl sites for hydroxylation is 1. The smallest absolute Gasteiger partial charge is 0.306 e. The molecule has 2 rings (SSSR count). The molecule has 0 bridgehead atoms. The van der Waals surface area contributed by atoms with Crippen LogP contribution in [0.1, 0.15) is 24.0 Å². The van der Waals surface area contributed by atoms with Crippen molar-refractivity contribution in [1.82, 2.24) is 0 Å². The van der Waals surface area contributed by atoms with Crippen molar-refractivity contribution < 1.29 is 15.0 Å². The predicted molar refractivity (Wildman–Crippen MR) is 77.4 cm³/mol. The lowest BCUT2D eigenvalue weighted by Crippen LogP contribution is -2.29. The Morgan fingerprint density at radius 1 is 0.950 bits per heavy atom. The number of benzene rings is 2. The highest BCUT2D eigenvalue weighted by molar-refractivity contribution is 5.68. The first-order valence-corrected chi connectivity index (χ1v) is 6.64. The molecule has 0 aliphatic carbocycles. The summed E-state index contributed by atoms with van der Waals surface area (Å²) in [6.45, 7) is 0. The molecule has 0 aliphatic rings. The van der Waals surface area contributed by atoms with Crippen molar-refractivity contribution in [2.24, 2.45) is 0 Å². The Labute approximate surface area is 118 Å². The van der Waals surface area contributed by atoms with E-state index in [9.17, 15) is 9.90 Å². The summed E-state index contributed by atoms with van der Waals surface area (Å²) in [6, 6.07) is 18.8. The third kappa shape index (κ3) is 3.68. The molecule has 0 spiro atoms. The lowest BCUT2D eigenvalue weighted by Gasteiger charge is -2.27. The molecule has 0 fully saturated rings. The van der Waals surface area contributed by atoms with Crippen molar-refractivity contribution in [2.45, 2.75) is 24.9 Å². The molecule has 0 heterocycles. The first-order valence-electron chi connectivity index (χ1n) is 6.64. The van der Waals surface area contributed by atoms with E-state index in [1.807, 2.05) is 48.5 Å². The Kier molecular flexibility index (Phi) is 4.53. The molecule has 1 atom stereocenters. The maximum atomic E-state index is 11.0. The van der Waals surface area contributed by atoms with E-state index in [1.165, 1.54) is 0 Å². The van der Waals surface area contributed by atoms with Crippen molar-refractivity contribution in [3.63, 3.8) is 0 Å². The van der Waals surface area contributed by atoms with Gasteiger partial charge in [0.2, 0.25) is 0 Å². The Balaban J connectivity index is 2.17. The molecule has 0 saturated carbocycles. The zero-order chi connectivity index (χ0) is 14.4. The van der Waals surface area contributed by atoms with Crippen LogP contribution in [-0.4, -0.2) is 16.2 Å². The van der Waals surface area contributed by atoms with E-state index in [4.69, 9.17) is 5.11 Å². The number of carboxylic acids is 1. The molecule has 0 unspecified atom stereocenters. The second-order valence-electron chi connectivity index (χ2n) is 4.95. The molecule has 0 saturated heterocycles. The predicted octanol–water partition coefficient (Wildman–Crippen LogP) is 2.98. The zero-order valence-electron chi connectivity index (χ0n) is 11.2. The molecule has 0 aromatic heterocycles. The Hall–Kier alpha value is -2.13. The summed E-state index contributed by atoms with van der Waals surface area (Å²) >= 11 is 0. The van der Waals surface area contributed by atoms with Gasteiger partial charge >= 0.3 is 5.97 Å². The van der Waals surface area contributed by atoms with Crippen LogP contribution in [0.5, 0.6) is 0 Å². The fourth-order valence-electron chi connectivity index (χ4n) is 2.33. The Bertz CT molecular complexity index is 551. The molecule has 3 nitrogen and oxygen atoms in total. The summed E-state index contributed by atoms with van der Waals surface area (Å²) in [5, 5.41) is 19.8. The highest BCUT2D eigenvalue weighted by Gasteiger charge is 2.31. The SMILES string of the molecule is O=C(O)C[C@@](O)(CCc1ccccc1)c1ccccc1. The van der Waals surface area contributed by atoms with Gasteiger partial charge in [0.15, 0.2) is 0 Å². The molecule has 0 amide bonds. The average Bonchev–Trinajstić information content (AvgIpc) is 2.47. The van der Waals surface area contributed by atoms with Crippen molar-refractivity contribution in [1.29, 1.82) is 0 Å². The van der Waals surface area contributed by atoms with Gasteiger partial charge in [-0.25, -0.2) is 0 Å². The van der Waals surface area contributed by atoms with E-state index >= 15 is 0 Å². The van der Waals surface area contributed by atoms with Crippen LogP contribution in [0.25, 0.3) is 0 Å². The Morgan fingerprint density at radius 3 is 2.05 bits per heavy atom. The number of hydrogen-bond donors (Lipinski definition) is 2. The van der Waals surface area contributed by atoms with Gasteiger partial charge in [-0.1, -0.05) is 60.7 Å². The third-order valence-corrected chi connectivity index (χ3v) is 3.42. The number of hydrogen-bond acceptors (Lipinski definition) is 2. The largest absolute Gasteiger partial charge is 0.481 e. The maximum Gasteiger partial charge on any atom is 0.306 e. The number of rotatable bonds is 6. The van der Waals surface area contributed by atoms with Crippen LogP contribution in [0.4, 0.5) is 0 Å². The molecule has 2 aromatic carbocycles. The van der Waals surface area contributed by atoms with Gasteiger partial charge in [-0.05, 0) is 24.0 Å². The van der Waals surface area contributed by atoms with Gasteiger partial charge in [-0.3, -0.25) is 4.79 Å². The average molecular weight is 270 g/mol.